The Bertz CT molecular complexity index is 1050. The molecule has 2 aromatic rings. The molecule has 162 valence electrons. The van der Waals surface area contributed by atoms with Gasteiger partial charge >= 0.3 is 5.97 Å². The molecular weight excluding hydrogens is 420 g/mol. The number of allylic oxidation sites excluding steroid dienone is 1. The molecule has 0 bridgehead atoms. The summed E-state index contributed by atoms with van der Waals surface area (Å²) in [7, 11) is 0. The lowest BCUT2D eigenvalue weighted by atomic mass is 9.83. The number of non-ortho nitro benzene ring substituents is 1. The van der Waals surface area contributed by atoms with Crippen LogP contribution in [0.15, 0.2) is 59.8 Å². The first-order chi connectivity index (χ1) is 14.7. The molecule has 0 unspecified atom stereocenters. The molecule has 1 amide bonds. The number of benzene rings is 2. The minimum Gasteiger partial charge on any atom is -0.460 e. The van der Waals surface area contributed by atoms with Crippen LogP contribution in [0.1, 0.15) is 44.2 Å². The van der Waals surface area contributed by atoms with E-state index < -0.39 is 16.8 Å². The molecule has 1 heterocycles. The molecule has 7 nitrogen and oxygen atoms in total. The van der Waals surface area contributed by atoms with Crippen molar-refractivity contribution in [2.75, 3.05) is 0 Å². The summed E-state index contributed by atoms with van der Waals surface area (Å²) < 4.78 is 5.47. The summed E-state index contributed by atoms with van der Waals surface area (Å²) in [6.07, 6.45) is -0.238. The third-order valence-electron chi connectivity index (χ3n) is 5.12. The van der Waals surface area contributed by atoms with Crippen LogP contribution >= 0.6 is 11.6 Å². The smallest absolute Gasteiger partial charge is 0.336 e. The number of hydrogen-bond acceptors (Lipinski definition) is 5. The molecule has 1 aliphatic rings. The van der Waals surface area contributed by atoms with E-state index in [4.69, 9.17) is 16.3 Å². The number of carbonyl (C=O) groups is 2. The van der Waals surface area contributed by atoms with Gasteiger partial charge in [-0.3, -0.25) is 14.9 Å². The normalized spacial score (nSPS) is 16.6. The molecule has 2 aromatic carbocycles. The minimum atomic E-state index is -0.482. The molecule has 1 atom stereocenters. The zero-order valence-corrected chi connectivity index (χ0v) is 18.3. The van der Waals surface area contributed by atoms with Crippen molar-refractivity contribution < 1.29 is 19.2 Å². The molecule has 0 aliphatic carbocycles. The van der Waals surface area contributed by atoms with Crippen LogP contribution in [-0.4, -0.2) is 27.8 Å². The van der Waals surface area contributed by atoms with Crippen LogP contribution in [0.5, 0.6) is 0 Å². The molecule has 0 aromatic heterocycles. The van der Waals surface area contributed by atoms with Crippen LogP contribution in [-0.2, 0) is 20.9 Å². The zero-order valence-electron chi connectivity index (χ0n) is 17.5. The Kier molecular flexibility index (Phi) is 6.75. The summed E-state index contributed by atoms with van der Waals surface area (Å²) in [5.74, 6) is -1.12. The Hall–Kier alpha value is -3.19. The largest absolute Gasteiger partial charge is 0.460 e. The van der Waals surface area contributed by atoms with Gasteiger partial charge in [-0.05, 0) is 44.0 Å². The molecule has 0 radical (unpaired) electrons. The third-order valence-corrected chi connectivity index (χ3v) is 5.37. The quantitative estimate of drug-likeness (QED) is 0.357. The van der Waals surface area contributed by atoms with Crippen molar-refractivity contribution in [1.29, 1.82) is 0 Å². The van der Waals surface area contributed by atoms with Gasteiger partial charge in [0.1, 0.15) is 0 Å². The van der Waals surface area contributed by atoms with Crippen molar-refractivity contribution in [3.05, 3.63) is 86.1 Å². The van der Waals surface area contributed by atoms with Gasteiger partial charge in [0, 0.05) is 35.2 Å². The first-order valence-corrected chi connectivity index (χ1v) is 10.3. The van der Waals surface area contributed by atoms with E-state index in [0.29, 0.717) is 21.9 Å². The molecule has 31 heavy (non-hydrogen) atoms. The van der Waals surface area contributed by atoms with E-state index >= 15 is 0 Å². The minimum absolute atomic E-state index is 0.0536. The second-order valence-corrected chi connectivity index (χ2v) is 8.10. The van der Waals surface area contributed by atoms with E-state index in [-0.39, 0.29) is 30.7 Å². The molecule has 0 N–H and O–H groups in total. The zero-order chi connectivity index (χ0) is 22.7. The highest BCUT2D eigenvalue weighted by molar-refractivity contribution is 6.30. The summed E-state index contributed by atoms with van der Waals surface area (Å²) in [6.45, 7) is 5.35. The van der Waals surface area contributed by atoms with Gasteiger partial charge in [0.05, 0.1) is 23.1 Å². The number of halogens is 1. The number of hydrogen-bond donors (Lipinski definition) is 0. The fourth-order valence-electron chi connectivity index (χ4n) is 3.68. The summed E-state index contributed by atoms with van der Waals surface area (Å²) in [4.78, 5) is 38.1. The van der Waals surface area contributed by atoms with E-state index in [9.17, 15) is 19.7 Å². The van der Waals surface area contributed by atoms with Crippen molar-refractivity contribution >= 4 is 29.2 Å². The Morgan fingerprint density at radius 1 is 1.26 bits per heavy atom. The molecule has 0 fully saturated rings. The summed E-state index contributed by atoms with van der Waals surface area (Å²) in [6, 6.07) is 13.1. The second-order valence-electron chi connectivity index (χ2n) is 7.67. The lowest BCUT2D eigenvalue weighted by Crippen LogP contribution is -2.38. The highest BCUT2D eigenvalue weighted by Gasteiger charge is 2.37. The number of carbonyl (C=O) groups excluding carboxylic acids is 2. The van der Waals surface area contributed by atoms with Gasteiger partial charge in [0.2, 0.25) is 5.91 Å². The van der Waals surface area contributed by atoms with E-state index in [1.54, 1.807) is 57.2 Å². The van der Waals surface area contributed by atoms with Gasteiger partial charge in [-0.25, -0.2) is 4.79 Å². The number of amides is 1. The average molecular weight is 443 g/mol. The predicted molar refractivity (Wildman–Crippen MR) is 116 cm³/mol. The maximum absolute atomic E-state index is 13.0. The maximum atomic E-state index is 13.0. The van der Waals surface area contributed by atoms with Crippen molar-refractivity contribution in [3.8, 4) is 0 Å². The molecule has 8 heteroatoms. The van der Waals surface area contributed by atoms with Crippen molar-refractivity contribution in [1.82, 2.24) is 4.90 Å². The SMILES string of the molecule is CC1=C(C(=O)OC(C)C)[C@@H](c2ccc(Cl)cc2)CC(=O)N1Cc1cccc([N+](=O)[O-])c1. The molecule has 1 aliphatic heterocycles. The topological polar surface area (TPSA) is 89.8 Å². The third kappa shape index (κ3) is 5.11. The molecule has 0 spiro atoms. The fourth-order valence-corrected chi connectivity index (χ4v) is 3.80. The fraction of sp³-hybridized carbons (Fsp3) is 0.304. The number of nitro benzene ring substituents is 1. The monoisotopic (exact) mass is 442 g/mol. The van der Waals surface area contributed by atoms with Gasteiger partial charge in [-0.15, -0.1) is 0 Å². The van der Waals surface area contributed by atoms with Crippen molar-refractivity contribution in [2.45, 2.75) is 45.8 Å². The second kappa shape index (κ2) is 9.31. The summed E-state index contributed by atoms with van der Waals surface area (Å²) in [5.41, 5.74) is 2.22. The van der Waals surface area contributed by atoms with E-state index in [0.717, 1.165) is 5.56 Å². The van der Waals surface area contributed by atoms with Crippen LogP contribution in [0.2, 0.25) is 5.02 Å². The standard InChI is InChI=1S/C23H23ClN2O5/c1-14(2)31-23(28)22-15(3)25(13-16-5-4-6-19(11-16)26(29)30)21(27)12-20(22)17-7-9-18(24)10-8-17/h4-11,14,20H,12-13H2,1-3H3/t20-/m1/s1. The number of esters is 1. The Labute approximate surface area is 185 Å². The van der Waals surface area contributed by atoms with Crippen LogP contribution in [0.4, 0.5) is 5.69 Å². The van der Waals surface area contributed by atoms with Gasteiger partial charge in [0.25, 0.3) is 5.69 Å². The number of nitro groups is 1. The molecule has 0 saturated heterocycles. The van der Waals surface area contributed by atoms with Gasteiger partial charge in [-0.2, -0.15) is 0 Å². The molecular formula is C23H23ClN2O5. The Morgan fingerprint density at radius 2 is 1.94 bits per heavy atom. The number of nitrogens with zero attached hydrogens (tertiary/aromatic N) is 2. The van der Waals surface area contributed by atoms with Crippen LogP contribution < -0.4 is 0 Å². The van der Waals surface area contributed by atoms with Crippen molar-refractivity contribution in [3.63, 3.8) is 0 Å². The molecule has 0 saturated carbocycles. The van der Waals surface area contributed by atoms with Crippen molar-refractivity contribution in [2.24, 2.45) is 0 Å². The molecule has 3 rings (SSSR count). The van der Waals surface area contributed by atoms with E-state index in [1.807, 2.05) is 0 Å². The van der Waals surface area contributed by atoms with Gasteiger partial charge in [0.15, 0.2) is 0 Å². The predicted octanol–water partition coefficient (Wildman–Crippen LogP) is 4.99. The Morgan fingerprint density at radius 3 is 2.55 bits per heavy atom. The lowest BCUT2D eigenvalue weighted by molar-refractivity contribution is -0.384. The van der Waals surface area contributed by atoms with Gasteiger partial charge < -0.3 is 9.64 Å². The van der Waals surface area contributed by atoms with Crippen LogP contribution in [0, 0.1) is 10.1 Å². The van der Waals surface area contributed by atoms with Crippen LogP contribution in [0.3, 0.4) is 0 Å². The highest BCUT2D eigenvalue weighted by Crippen LogP contribution is 2.38. The maximum Gasteiger partial charge on any atom is 0.336 e. The van der Waals surface area contributed by atoms with Gasteiger partial charge in [-0.1, -0.05) is 35.9 Å². The first kappa shape index (κ1) is 22.5. The van der Waals surface area contributed by atoms with E-state index in [1.165, 1.54) is 17.0 Å². The lowest BCUT2D eigenvalue weighted by Gasteiger charge is -2.34. The summed E-state index contributed by atoms with van der Waals surface area (Å²) in [5, 5.41) is 11.6. The Balaban J connectivity index is 2.02. The summed E-state index contributed by atoms with van der Waals surface area (Å²) >= 11 is 6.00. The van der Waals surface area contributed by atoms with E-state index in [2.05, 4.69) is 0 Å². The average Bonchev–Trinajstić information content (AvgIpc) is 2.70. The number of ether oxygens (including phenoxy) is 1. The van der Waals surface area contributed by atoms with Crippen LogP contribution in [0.25, 0.3) is 0 Å². The highest BCUT2D eigenvalue weighted by atomic mass is 35.5. The first-order valence-electron chi connectivity index (χ1n) is 9.88. The number of rotatable bonds is 6.